The lowest BCUT2D eigenvalue weighted by molar-refractivity contribution is 0.712. The van der Waals surface area contributed by atoms with Crippen molar-refractivity contribution in [1.29, 1.82) is 0 Å². The number of aromatic nitrogens is 2. The van der Waals surface area contributed by atoms with Gasteiger partial charge in [-0.1, -0.05) is 13.0 Å². The van der Waals surface area contributed by atoms with Gasteiger partial charge in [0.15, 0.2) is 0 Å². The molecule has 2 N–H and O–H groups in total. The molecule has 1 aromatic carbocycles. The van der Waals surface area contributed by atoms with E-state index in [1.54, 1.807) is 0 Å². The summed E-state index contributed by atoms with van der Waals surface area (Å²) in [7, 11) is 0. The molecular weight excluding hydrogens is 246 g/mol. The van der Waals surface area contributed by atoms with Gasteiger partial charge in [-0.25, -0.2) is 9.97 Å². The van der Waals surface area contributed by atoms with Crippen molar-refractivity contribution in [3.8, 4) is 11.3 Å². The quantitative estimate of drug-likeness (QED) is 0.928. The van der Waals surface area contributed by atoms with Gasteiger partial charge in [0.05, 0.1) is 5.69 Å². The number of hydrogen-bond acceptors (Lipinski definition) is 3. The molecule has 106 valence electrons. The highest BCUT2D eigenvalue weighted by molar-refractivity contribution is 5.70. The Bertz CT molecular complexity index is 606. The van der Waals surface area contributed by atoms with Crippen LogP contribution < -0.4 is 5.73 Å². The van der Waals surface area contributed by atoms with Crippen LogP contribution in [0.25, 0.3) is 11.3 Å². The molecule has 0 aliphatic heterocycles. The Labute approximate surface area is 121 Å². The molecule has 0 bridgehead atoms. The third kappa shape index (κ3) is 2.59. The molecule has 2 rings (SSSR count). The minimum atomic E-state index is 0.182. The lowest BCUT2D eigenvalue weighted by Crippen LogP contribution is -2.12. The molecule has 1 unspecified atom stereocenters. The number of hydrogen-bond donors (Lipinski definition) is 1. The average Bonchev–Trinajstić information content (AvgIpc) is 2.45. The summed E-state index contributed by atoms with van der Waals surface area (Å²) in [6.07, 6.45) is 1.83. The molecule has 0 fully saturated rings. The molecule has 0 radical (unpaired) electrons. The van der Waals surface area contributed by atoms with Crippen LogP contribution in [-0.2, 0) is 0 Å². The Morgan fingerprint density at radius 1 is 1.10 bits per heavy atom. The second-order valence-electron chi connectivity index (χ2n) is 5.57. The van der Waals surface area contributed by atoms with E-state index in [4.69, 9.17) is 10.7 Å². The largest absolute Gasteiger partial charge is 0.330 e. The second kappa shape index (κ2) is 5.71. The summed E-state index contributed by atoms with van der Waals surface area (Å²) in [4.78, 5) is 9.08. The zero-order chi connectivity index (χ0) is 14.9. The first kappa shape index (κ1) is 14.7. The summed E-state index contributed by atoms with van der Waals surface area (Å²) >= 11 is 0. The number of nitrogens with zero attached hydrogens (tertiary/aromatic N) is 2. The van der Waals surface area contributed by atoms with Gasteiger partial charge < -0.3 is 5.73 Å². The van der Waals surface area contributed by atoms with Gasteiger partial charge in [-0.05, 0) is 56.0 Å². The minimum absolute atomic E-state index is 0.182. The molecular formula is C17H23N3. The van der Waals surface area contributed by atoms with Gasteiger partial charge >= 0.3 is 0 Å². The predicted molar refractivity (Wildman–Crippen MR) is 83.9 cm³/mol. The fraction of sp³-hybridized carbons (Fsp3) is 0.412. The molecule has 20 heavy (non-hydrogen) atoms. The molecule has 0 spiro atoms. The number of benzene rings is 1. The summed E-state index contributed by atoms with van der Waals surface area (Å²) in [6, 6.07) is 4.22. The fourth-order valence-corrected chi connectivity index (χ4v) is 2.46. The first-order chi connectivity index (χ1) is 9.45. The van der Waals surface area contributed by atoms with E-state index in [0.29, 0.717) is 6.54 Å². The third-order valence-electron chi connectivity index (χ3n) is 4.09. The molecule has 3 nitrogen and oxygen atoms in total. The minimum Gasteiger partial charge on any atom is -0.330 e. The van der Waals surface area contributed by atoms with Gasteiger partial charge in [-0.15, -0.1) is 0 Å². The van der Waals surface area contributed by atoms with E-state index in [2.05, 4.69) is 45.7 Å². The summed E-state index contributed by atoms with van der Waals surface area (Å²) in [5.74, 6) is 1.00. The summed E-state index contributed by atoms with van der Waals surface area (Å²) in [5.41, 5.74) is 13.1. The number of nitrogens with two attached hydrogens (primary N) is 1. The van der Waals surface area contributed by atoms with Crippen molar-refractivity contribution in [2.24, 2.45) is 5.73 Å². The normalized spacial score (nSPS) is 12.5. The highest BCUT2D eigenvalue weighted by Crippen LogP contribution is 2.30. The van der Waals surface area contributed by atoms with Crippen molar-refractivity contribution < 1.29 is 0 Å². The average molecular weight is 269 g/mol. The topological polar surface area (TPSA) is 51.8 Å². The van der Waals surface area contributed by atoms with E-state index in [9.17, 15) is 0 Å². The third-order valence-corrected chi connectivity index (χ3v) is 4.09. The van der Waals surface area contributed by atoms with Crippen molar-refractivity contribution >= 4 is 0 Å². The SMILES string of the molecule is Cc1cc(C)c(C)c(-c2ccnc(C(C)CN)n2)c1C. The Morgan fingerprint density at radius 3 is 2.25 bits per heavy atom. The summed E-state index contributed by atoms with van der Waals surface area (Å²) in [6.45, 7) is 11.2. The predicted octanol–water partition coefficient (Wildman–Crippen LogP) is 3.44. The second-order valence-corrected chi connectivity index (χ2v) is 5.57. The molecule has 0 aliphatic rings. The van der Waals surface area contributed by atoms with Gasteiger partial charge in [0.25, 0.3) is 0 Å². The number of rotatable bonds is 3. The van der Waals surface area contributed by atoms with Crippen LogP contribution in [0.5, 0.6) is 0 Å². The molecule has 2 aromatic rings. The van der Waals surface area contributed by atoms with Gasteiger partial charge in [0.1, 0.15) is 5.82 Å². The molecule has 1 aromatic heterocycles. The Hall–Kier alpha value is -1.74. The van der Waals surface area contributed by atoms with Crippen LogP contribution in [-0.4, -0.2) is 16.5 Å². The standard InChI is InChI=1S/C17H23N3/c1-10-8-11(2)14(5)16(13(10)4)15-6-7-19-17(20-15)12(3)9-18/h6-8,12H,9,18H2,1-5H3. The van der Waals surface area contributed by atoms with Crippen LogP contribution >= 0.6 is 0 Å². The highest BCUT2D eigenvalue weighted by atomic mass is 14.9. The zero-order valence-electron chi connectivity index (χ0n) is 13.0. The monoisotopic (exact) mass is 269 g/mol. The van der Waals surface area contributed by atoms with Crippen molar-refractivity contribution in [3.63, 3.8) is 0 Å². The Kier molecular flexibility index (Phi) is 4.19. The molecule has 0 amide bonds. The summed E-state index contributed by atoms with van der Waals surface area (Å²) < 4.78 is 0. The highest BCUT2D eigenvalue weighted by Gasteiger charge is 2.14. The van der Waals surface area contributed by atoms with E-state index < -0.39 is 0 Å². The lowest BCUT2D eigenvalue weighted by atomic mass is 9.92. The van der Waals surface area contributed by atoms with Crippen molar-refractivity contribution in [2.45, 2.75) is 40.5 Å². The molecule has 0 aliphatic carbocycles. The molecule has 1 heterocycles. The van der Waals surface area contributed by atoms with Crippen LogP contribution in [0.3, 0.4) is 0 Å². The number of aryl methyl sites for hydroxylation is 2. The van der Waals surface area contributed by atoms with Crippen molar-refractivity contribution in [3.05, 3.63) is 46.4 Å². The van der Waals surface area contributed by atoms with Crippen LogP contribution in [0.4, 0.5) is 0 Å². The van der Waals surface area contributed by atoms with Crippen molar-refractivity contribution in [2.75, 3.05) is 6.54 Å². The van der Waals surface area contributed by atoms with E-state index >= 15 is 0 Å². The first-order valence-electron chi connectivity index (χ1n) is 7.06. The fourth-order valence-electron chi connectivity index (χ4n) is 2.46. The lowest BCUT2D eigenvalue weighted by Gasteiger charge is -2.16. The van der Waals surface area contributed by atoms with Gasteiger partial charge in [0.2, 0.25) is 0 Å². The van der Waals surface area contributed by atoms with E-state index in [0.717, 1.165) is 11.5 Å². The molecule has 3 heteroatoms. The van der Waals surface area contributed by atoms with Crippen LogP contribution in [0.1, 0.15) is 40.9 Å². The van der Waals surface area contributed by atoms with E-state index in [1.807, 2.05) is 12.3 Å². The van der Waals surface area contributed by atoms with Crippen LogP contribution in [0.2, 0.25) is 0 Å². The Balaban J connectivity index is 2.63. The molecule has 0 saturated heterocycles. The maximum atomic E-state index is 5.72. The van der Waals surface area contributed by atoms with Crippen LogP contribution in [0, 0.1) is 27.7 Å². The maximum absolute atomic E-state index is 5.72. The van der Waals surface area contributed by atoms with E-state index in [1.165, 1.54) is 27.8 Å². The smallest absolute Gasteiger partial charge is 0.133 e. The van der Waals surface area contributed by atoms with Crippen molar-refractivity contribution in [1.82, 2.24) is 9.97 Å². The van der Waals surface area contributed by atoms with E-state index in [-0.39, 0.29) is 5.92 Å². The van der Waals surface area contributed by atoms with Gasteiger partial charge in [-0.3, -0.25) is 0 Å². The Morgan fingerprint density at radius 2 is 1.70 bits per heavy atom. The first-order valence-corrected chi connectivity index (χ1v) is 7.06. The van der Waals surface area contributed by atoms with Crippen LogP contribution in [0.15, 0.2) is 18.3 Å². The zero-order valence-corrected chi connectivity index (χ0v) is 13.0. The molecule has 1 atom stereocenters. The molecule has 0 saturated carbocycles. The summed E-state index contributed by atoms with van der Waals surface area (Å²) in [5, 5.41) is 0. The van der Waals surface area contributed by atoms with Gasteiger partial charge in [0, 0.05) is 24.2 Å². The maximum Gasteiger partial charge on any atom is 0.133 e. The van der Waals surface area contributed by atoms with Gasteiger partial charge in [-0.2, -0.15) is 0 Å².